The summed E-state index contributed by atoms with van der Waals surface area (Å²) in [7, 11) is 0. The Morgan fingerprint density at radius 1 is 1.20 bits per heavy atom. The van der Waals surface area contributed by atoms with Crippen LogP contribution in [-0.2, 0) is 9.59 Å². The van der Waals surface area contributed by atoms with Crippen molar-refractivity contribution in [3.63, 3.8) is 0 Å². The van der Waals surface area contributed by atoms with E-state index in [4.69, 9.17) is 5.73 Å². The predicted molar refractivity (Wildman–Crippen MR) is 75.8 cm³/mol. The molecule has 0 spiro atoms. The van der Waals surface area contributed by atoms with Gasteiger partial charge in [0.15, 0.2) is 0 Å². The van der Waals surface area contributed by atoms with Gasteiger partial charge >= 0.3 is 0 Å². The van der Waals surface area contributed by atoms with Crippen LogP contribution in [0.15, 0.2) is 0 Å². The van der Waals surface area contributed by atoms with Crippen molar-refractivity contribution in [2.24, 2.45) is 11.1 Å². The molecular weight excluding hydrogens is 254 g/mol. The van der Waals surface area contributed by atoms with Crippen LogP contribution in [-0.4, -0.2) is 41.4 Å². The number of amides is 2. The zero-order valence-corrected chi connectivity index (χ0v) is 12.2. The van der Waals surface area contributed by atoms with E-state index in [-0.39, 0.29) is 23.9 Å². The molecule has 1 aliphatic heterocycles. The molecule has 3 atom stereocenters. The molecule has 3 aliphatic rings. The first-order valence-corrected chi connectivity index (χ1v) is 7.89. The van der Waals surface area contributed by atoms with E-state index >= 15 is 0 Å². The fraction of sp³-hybridized carbons (Fsp3) is 0.867. The van der Waals surface area contributed by atoms with Crippen molar-refractivity contribution in [1.29, 1.82) is 0 Å². The van der Waals surface area contributed by atoms with Crippen LogP contribution in [0.25, 0.3) is 0 Å². The molecular formula is C15H25N3O2. The lowest BCUT2D eigenvalue weighted by Crippen LogP contribution is -2.54. The van der Waals surface area contributed by atoms with Gasteiger partial charge in [-0.15, -0.1) is 0 Å². The third kappa shape index (κ3) is 2.32. The van der Waals surface area contributed by atoms with E-state index in [9.17, 15) is 9.59 Å². The molecule has 3 fully saturated rings. The van der Waals surface area contributed by atoms with E-state index in [1.807, 2.05) is 6.92 Å². The fourth-order valence-corrected chi connectivity index (χ4v) is 3.59. The summed E-state index contributed by atoms with van der Waals surface area (Å²) in [5.74, 6) is 0.129. The van der Waals surface area contributed by atoms with Crippen LogP contribution in [0.3, 0.4) is 0 Å². The number of nitrogens with two attached hydrogens (primary N) is 1. The summed E-state index contributed by atoms with van der Waals surface area (Å²) >= 11 is 0. The molecule has 3 N–H and O–H groups in total. The van der Waals surface area contributed by atoms with E-state index in [1.165, 1.54) is 0 Å². The molecule has 0 aromatic heterocycles. The highest BCUT2D eigenvalue weighted by molar-refractivity contribution is 5.91. The molecule has 3 unspecified atom stereocenters. The van der Waals surface area contributed by atoms with Crippen molar-refractivity contribution >= 4 is 11.8 Å². The summed E-state index contributed by atoms with van der Waals surface area (Å²) < 4.78 is 0. The molecule has 3 rings (SSSR count). The van der Waals surface area contributed by atoms with Crippen molar-refractivity contribution in [3.8, 4) is 0 Å². The maximum Gasteiger partial charge on any atom is 0.243 e. The quantitative estimate of drug-likeness (QED) is 0.801. The minimum atomic E-state index is -0.470. The lowest BCUT2D eigenvalue weighted by molar-refractivity contribution is -0.146. The third-order valence-electron chi connectivity index (χ3n) is 5.26. The van der Waals surface area contributed by atoms with Gasteiger partial charge in [-0.2, -0.15) is 0 Å². The van der Waals surface area contributed by atoms with Crippen molar-refractivity contribution in [1.82, 2.24) is 10.2 Å². The molecule has 5 heteroatoms. The molecule has 5 nitrogen and oxygen atoms in total. The van der Waals surface area contributed by atoms with Crippen LogP contribution in [0, 0.1) is 5.41 Å². The predicted octanol–water partition coefficient (Wildman–Crippen LogP) is 0.773. The summed E-state index contributed by atoms with van der Waals surface area (Å²) in [5.41, 5.74) is 5.68. The Morgan fingerprint density at radius 2 is 1.95 bits per heavy atom. The van der Waals surface area contributed by atoms with Gasteiger partial charge in [0.1, 0.15) is 6.04 Å². The topological polar surface area (TPSA) is 75.4 Å². The highest BCUT2D eigenvalue weighted by Gasteiger charge is 2.48. The Bertz CT molecular complexity index is 421. The number of hydrogen-bond donors (Lipinski definition) is 2. The Hall–Kier alpha value is -1.10. The summed E-state index contributed by atoms with van der Waals surface area (Å²) in [6.07, 6.45) is 6.63. The first-order valence-electron chi connectivity index (χ1n) is 7.89. The number of likely N-dealkylation sites (tertiary alicyclic amines) is 1. The lowest BCUT2D eigenvalue weighted by atomic mass is 9.83. The van der Waals surface area contributed by atoms with Gasteiger partial charge in [-0.25, -0.2) is 0 Å². The Morgan fingerprint density at radius 3 is 2.55 bits per heavy atom. The van der Waals surface area contributed by atoms with Crippen LogP contribution in [0.5, 0.6) is 0 Å². The Labute approximate surface area is 120 Å². The van der Waals surface area contributed by atoms with Gasteiger partial charge in [0.05, 0.1) is 5.41 Å². The Kier molecular flexibility index (Phi) is 3.48. The molecule has 0 aromatic rings. The van der Waals surface area contributed by atoms with Gasteiger partial charge in [-0.3, -0.25) is 9.59 Å². The van der Waals surface area contributed by atoms with Gasteiger partial charge in [-0.1, -0.05) is 6.42 Å². The lowest BCUT2D eigenvalue weighted by Gasteiger charge is -2.35. The van der Waals surface area contributed by atoms with Crippen LogP contribution >= 0.6 is 0 Å². The number of rotatable bonds is 3. The van der Waals surface area contributed by atoms with Crippen LogP contribution in [0.1, 0.15) is 51.9 Å². The van der Waals surface area contributed by atoms with Crippen molar-refractivity contribution < 1.29 is 9.59 Å². The highest BCUT2D eigenvalue weighted by atomic mass is 16.2. The van der Waals surface area contributed by atoms with Crippen molar-refractivity contribution in [3.05, 3.63) is 0 Å². The first kappa shape index (κ1) is 13.9. The van der Waals surface area contributed by atoms with Gasteiger partial charge in [0.2, 0.25) is 11.8 Å². The maximum atomic E-state index is 12.9. The second kappa shape index (κ2) is 5.02. The Balaban J connectivity index is 1.71. The second-order valence-corrected chi connectivity index (χ2v) is 6.86. The number of carbonyl (C=O) groups is 2. The average Bonchev–Trinajstić information content (AvgIpc) is 2.98. The smallest absolute Gasteiger partial charge is 0.243 e. The molecule has 2 saturated carbocycles. The number of nitrogens with zero attached hydrogens (tertiary/aromatic N) is 1. The van der Waals surface area contributed by atoms with E-state index < -0.39 is 5.41 Å². The number of nitrogens with one attached hydrogen (secondary N) is 1. The minimum absolute atomic E-state index is 0.0357. The minimum Gasteiger partial charge on any atom is -0.352 e. The van der Waals surface area contributed by atoms with Crippen molar-refractivity contribution in [2.75, 3.05) is 6.54 Å². The molecule has 112 valence electrons. The molecule has 0 aromatic carbocycles. The van der Waals surface area contributed by atoms with E-state index in [0.717, 1.165) is 44.9 Å². The summed E-state index contributed by atoms with van der Waals surface area (Å²) in [6, 6.07) is 0.0137. The SMILES string of the molecule is CC1(C(=O)N2CCCC2C(=O)NC2CC2)CCCC1N. The molecule has 0 radical (unpaired) electrons. The standard InChI is InChI=1S/C15H25N3O2/c1-15(8-2-5-12(15)16)14(20)18-9-3-4-11(18)13(19)17-10-6-7-10/h10-12H,2-9,16H2,1H3,(H,17,19). The first-order chi connectivity index (χ1) is 9.52. The van der Waals surface area contributed by atoms with Gasteiger partial charge in [0.25, 0.3) is 0 Å². The molecule has 1 saturated heterocycles. The molecule has 2 aliphatic carbocycles. The summed E-state index contributed by atoms with van der Waals surface area (Å²) in [5, 5.41) is 3.03. The molecule has 2 amide bonds. The maximum absolute atomic E-state index is 12.9. The second-order valence-electron chi connectivity index (χ2n) is 6.86. The zero-order valence-electron chi connectivity index (χ0n) is 12.2. The van der Waals surface area contributed by atoms with Crippen LogP contribution < -0.4 is 11.1 Å². The third-order valence-corrected chi connectivity index (χ3v) is 5.26. The normalized spacial score (nSPS) is 37.2. The number of carbonyl (C=O) groups excluding carboxylic acids is 2. The van der Waals surface area contributed by atoms with E-state index in [0.29, 0.717) is 12.6 Å². The number of hydrogen-bond acceptors (Lipinski definition) is 3. The van der Waals surface area contributed by atoms with Gasteiger partial charge in [-0.05, 0) is 45.4 Å². The van der Waals surface area contributed by atoms with E-state index in [1.54, 1.807) is 4.90 Å². The summed E-state index contributed by atoms with van der Waals surface area (Å²) in [6.45, 7) is 2.67. The monoisotopic (exact) mass is 279 g/mol. The van der Waals surface area contributed by atoms with E-state index in [2.05, 4.69) is 5.32 Å². The van der Waals surface area contributed by atoms with Gasteiger partial charge < -0.3 is 16.0 Å². The zero-order chi connectivity index (χ0) is 14.3. The van der Waals surface area contributed by atoms with Gasteiger partial charge in [0, 0.05) is 18.6 Å². The van der Waals surface area contributed by atoms with Crippen LogP contribution in [0.4, 0.5) is 0 Å². The average molecular weight is 279 g/mol. The largest absolute Gasteiger partial charge is 0.352 e. The molecule has 0 bridgehead atoms. The molecule has 20 heavy (non-hydrogen) atoms. The fourth-order valence-electron chi connectivity index (χ4n) is 3.59. The summed E-state index contributed by atoms with van der Waals surface area (Å²) in [4.78, 5) is 26.9. The highest BCUT2D eigenvalue weighted by Crippen LogP contribution is 2.40. The molecule has 1 heterocycles. The van der Waals surface area contributed by atoms with Crippen LogP contribution in [0.2, 0.25) is 0 Å². The van der Waals surface area contributed by atoms with Crippen molar-refractivity contribution in [2.45, 2.75) is 70.0 Å².